The van der Waals surface area contributed by atoms with E-state index in [2.05, 4.69) is 37.4 Å². The summed E-state index contributed by atoms with van der Waals surface area (Å²) in [6.45, 7) is 6.04. The van der Waals surface area contributed by atoms with E-state index in [9.17, 15) is 9.59 Å². The van der Waals surface area contributed by atoms with Gasteiger partial charge in [0, 0.05) is 0 Å². The first-order chi connectivity index (χ1) is 14.9. The lowest BCUT2D eigenvalue weighted by molar-refractivity contribution is -0.169. The molecule has 0 N–H and O–H groups in total. The second-order valence-electron chi connectivity index (χ2n) is 8.18. The molecule has 0 spiro atoms. The largest absolute Gasteiger partial charge is 0.468 e. The molecule has 164 valence electrons. The van der Waals surface area contributed by atoms with Gasteiger partial charge in [-0.1, -0.05) is 66.7 Å². The Morgan fingerprint density at radius 2 is 1.45 bits per heavy atom. The third-order valence-corrected chi connectivity index (χ3v) is 9.99. The lowest BCUT2D eigenvalue weighted by Crippen LogP contribution is -2.60. The summed E-state index contributed by atoms with van der Waals surface area (Å²) in [4.78, 5) is 25.5. The summed E-state index contributed by atoms with van der Waals surface area (Å²) < 4.78 is 17.0. The monoisotopic (exact) mass is 438 g/mol. The number of methoxy groups -OCH3 is 2. The van der Waals surface area contributed by atoms with Gasteiger partial charge in [0.2, 0.25) is 0 Å². The van der Waals surface area contributed by atoms with Crippen LogP contribution >= 0.6 is 0 Å². The first kappa shape index (κ1) is 23.0. The first-order valence-electron chi connectivity index (χ1n) is 10.5. The third-order valence-electron chi connectivity index (χ3n) is 6.34. The molecule has 1 saturated carbocycles. The molecule has 0 aliphatic heterocycles. The summed E-state index contributed by atoms with van der Waals surface area (Å²) in [6.07, 6.45) is 2.68. The van der Waals surface area contributed by atoms with Crippen molar-refractivity contribution in [3.63, 3.8) is 0 Å². The van der Waals surface area contributed by atoms with Crippen molar-refractivity contribution in [1.29, 1.82) is 0 Å². The van der Waals surface area contributed by atoms with E-state index in [0.29, 0.717) is 12.8 Å². The predicted molar refractivity (Wildman–Crippen MR) is 123 cm³/mol. The zero-order valence-electron chi connectivity index (χ0n) is 18.4. The van der Waals surface area contributed by atoms with Gasteiger partial charge in [-0.25, -0.2) is 0 Å². The van der Waals surface area contributed by atoms with Crippen LogP contribution in [0.25, 0.3) is 0 Å². The van der Waals surface area contributed by atoms with Crippen molar-refractivity contribution >= 4 is 30.6 Å². The second-order valence-corrected chi connectivity index (χ2v) is 11.6. The minimum atomic E-state index is -2.63. The molecule has 2 atom stereocenters. The maximum Gasteiger partial charge on any atom is 0.323 e. The van der Waals surface area contributed by atoms with Gasteiger partial charge in [-0.05, 0) is 42.1 Å². The molecule has 0 bridgehead atoms. The zero-order valence-corrected chi connectivity index (χ0v) is 19.4. The number of allylic oxidation sites excluding steroid dienone is 1. The van der Waals surface area contributed by atoms with Crippen molar-refractivity contribution in [2.24, 2.45) is 11.3 Å². The minimum absolute atomic E-state index is 0.0463. The molecule has 1 aliphatic carbocycles. The Morgan fingerprint density at radius 3 is 1.87 bits per heavy atom. The fraction of sp³-hybridized carbons (Fsp3) is 0.360. The van der Waals surface area contributed by atoms with Crippen LogP contribution < -0.4 is 10.4 Å². The summed E-state index contributed by atoms with van der Waals surface area (Å²) in [5, 5.41) is 2.26. The van der Waals surface area contributed by atoms with Gasteiger partial charge >= 0.3 is 11.9 Å². The topological polar surface area (TPSA) is 61.8 Å². The molecule has 0 amide bonds. The fourth-order valence-corrected chi connectivity index (χ4v) is 7.83. The van der Waals surface area contributed by atoms with Crippen LogP contribution in [0.15, 0.2) is 73.3 Å². The SMILES string of the molecule is C=CC[C@@H]1CC(C(=O)OC)(C(=O)OC)C[C@@H]1O[Si](C)(c1ccccc1)c1ccccc1. The molecule has 0 saturated heterocycles. The molecular formula is C25H30O5Si. The molecule has 2 aromatic rings. The van der Waals surface area contributed by atoms with E-state index in [0.717, 1.165) is 10.4 Å². The predicted octanol–water partition coefficient (Wildman–Crippen LogP) is 3.08. The minimum Gasteiger partial charge on any atom is -0.468 e. The van der Waals surface area contributed by atoms with Crippen LogP contribution in [0, 0.1) is 11.3 Å². The van der Waals surface area contributed by atoms with Gasteiger partial charge in [0.1, 0.15) is 0 Å². The molecule has 1 fully saturated rings. The summed E-state index contributed by atoms with van der Waals surface area (Å²) in [6, 6.07) is 20.4. The van der Waals surface area contributed by atoms with Crippen LogP contribution in [-0.2, 0) is 23.5 Å². The Bertz CT molecular complexity index is 857. The highest BCUT2D eigenvalue weighted by atomic mass is 28.4. The molecule has 0 unspecified atom stereocenters. The van der Waals surface area contributed by atoms with Crippen molar-refractivity contribution in [1.82, 2.24) is 0 Å². The van der Waals surface area contributed by atoms with Gasteiger partial charge in [0.15, 0.2) is 5.41 Å². The second kappa shape index (κ2) is 9.62. The molecule has 3 rings (SSSR count). The number of carbonyl (C=O) groups is 2. The summed E-state index contributed by atoms with van der Waals surface area (Å²) in [7, 11) is -0.0243. The highest BCUT2D eigenvalue weighted by Gasteiger charge is 2.58. The van der Waals surface area contributed by atoms with E-state index < -0.39 is 25.7 Å². The number of carbonyl (C=O) groups excluding carboxylic acids is 2. The Hall–Kier alpha value is -2.70. The molecule has 6 heteroatoms. The van der Waals surface area contributed by atoms with Crippen molar-refractivity contribution in [2.75, 3.05) is 14.2 Å². The average Bonchev–Trinajstić information content (AvgIpc) is 3.18. The van der Waals surface area contributed by atoms with Crippen LogP contribution in [0.3, 0.4) is 0 Å². The van der Waals surface area contributed by atoms with Crippen LogP contribution in [0.1, 0.15) is 19.3 Å². The number of ether oxygens (including phenoxy) is 2. The molecule has 0 aromatic heterocycles. The van der Waals surface area contributed by atoms with E-state index in [1.807, 2.05) is 42.5 Å². The molecule has 0 radical (unpaired) electrons. The van der Waals surface area contributed by atoms with E-state index >= 15 is 0 Å². The van der Waals surface area contributed by atoms with Gasteiger partial charge in [-0.2, -0.15) is 0 Å². The van der Waals surface area contributed by atoms with E-state index in [4.69, 9.17) is 13.9 Å². The lowest BCUT2D eigenvalue weighted by atomic mass is 9.85. The highest BCUT2D eigenvalue weighted by molar-refractivity contribution is 6.96. The Balaban J connectivity index is 2.04. The molecule has 2 aromatic carbocycles. The number of hydrogen-bond donors (Lipinski definition) is 0. The average molecular weight is 439 g/mol. The molecule has 1 aliphatic rings. The Morgan fingerprint density at radius 1 is 0.968 bits per heavy atom. The van der Waals surface area contributed by atoms with Gasteiger partial charge in [0.05, 0.1) is 20.3 Å². The van der Waals surface area contributed by atoms with Gasteiger partial charge in [-0.3, -0.25) is 9.59 Å². The fourth-order valence-electron chi connectivity index (χ4n) is 4.68. The normalized spacial score (nSPS) is 20.1. The zero-order chi connectivity index (χ0) is 22.5. The number of hydrogen-bond acceptors (Lipinski definition) is 5. The van der Waals surface area contributed by atoms with Crippen LogP contribution in [0.2, 0.25) is 6.55 Å². The van der Waals surface area contributed by atoms with E-state index in [1.54, 1.807) is 0 Å². The standard InChI is InChI=1S/C25H30O5Si/c1-5-12-19-17-25(23(26)28-2,24(27)29-3)18-22(19)30-31(4,20-13-8-6-9-14-20)21-15-10-7-11-16-21/h5-11,13-16,19,22H,1,12,17-18H2,2-4H3/t19-,22+/m1/s1. The quantitative estimate of drug-likeness (QED) is 0.274. The van der Waals surface area contributed by atoms with Crippen molar-refractivity contribution in [2.45, 2.75) is 31.9 Å². The van der Waals surface area contributed by atoms with E-state index in [-0.39, 0.29) is 18.4 Å². The highest BCUT2D eigenvalue weighted by Crippen LogP contribution is 2.47. The van der Waals surface area contributed by atoms with Crippen molar-refractivity contribution in [3.05, 3.63) is 73.3 Å². The van der Waals surface area contributed by atoms with Gasteiger partial charge < -0.3 is 13.9 Å². The molecule has 31 heavy (non-hydrogen) atoms. The summed E-state index contributed by atoms with van der Waals surface area (Å²) in [5.74, 6) is -1.18. The Kier molecular flexibility index (Phi) is 7.13. The summed E-state index contributed by atoms with van der Waals surface area (Å²) >= 11 is 0. The van der Waals surface area contributed by atoms with Crippen molar-refractivity contribution < 1.29 is 23.5 Å². The van der Waals surface area contributed by atoms with Gasteiger partial charge in [-0.15, -0.1) is 6.58 Å². The maximum atomic E-state index is 12.7. The number of esters is 2. The lowest BCUT2D eigenvalue weighted by Gasteiger charge is -2.34. The van der Waals surface area contributed by atoms with Crippen LogP contribution in [-0.4, -0.2) is 40.6 Å². The van der Waals surface area contributed by atoms with Crippen LogP contribution in [0.4, 0.5) is 0 Å². The Labute approximate surface area is 185 Å². The molecular weight excluding hydrogens is 408 g/mol. The molecule has 0 heterocycles. The smallest absolute Gasteiger partial charge is 0.323 e. The van der Waals surface area contributed by atoms with Crippen molar-refractivity contribution in [3.8, 4) is 0 Å². The first-order valence-corrected chi connectivity index (χ1v) is 12.9. The number of benzene rings is 2. The third kappa shape index (κ3) is 4.36. The molecule has 5 nitrogen and oxygen atoms in total. The van der Waals surface area contributed by atoms with E-state index in [1.165, 1.54) is 14.2 Å². The summed E-state index contributed by atoms with van der Waals surface area (Å²) in [5.41, 5.74) is -1.36. The maximum absolute atomic E-state index is 12.7. The van der Waals surface area contributed by atoms with Crippen LogP contribution in [0.5, 0.6) is 0 Å². The number of rotatable bonds is 8. The van der Waals surface area contributed by atoms with Gasteiger partial charge in [0.25, 0.3) is 8.32 Å².